The van der Waals surface area contributed by atoms with Crippen molar-refractivity contribution in [3.63, 3.8) is 0 Å². The molecule has 152 valence electrons. The number of nitrogens with zero attached hydrogens (tertiary/aromatic N) is 1. The number of anilines is 1. The molecule has 1 amide bonds. The molecule has 0 atom stereocenters. The second kappa shape index (κ2) is 9.14. The predicted molar refractivity (Wildman–Crippen MR) is 119 cm³/mol. The van der Waals surface area contributed by atoms with Gasteiger partial charge in [0.2, 0.25) is 0 Å². The molecule has 0 bridgehead atoms. The lowest BCUT2D eigenvalue weighted by atomic mass is 9.87. The molecule has 0 saturated heterocycles. The summed E-state index contributed by atoms with van der Waals surface area (Å²) in [4.78, 5) is 15.9. The third-order valence-corrected chi connectivity index (χ3v) is 5.52. The topological polar surface area (TPSA) is 38.8 Å². The highest BCUT2D eigenvalue weighted by molar-refractivity contribution is 7.09. The zero-order chi connectivity index (χ0) is 20.9. The maximum Gasteiger partial charge on any atom is 0.265 e. The van der Waals surface area contributed by atoms with E-state index in [4.69, 9.17) is 9.47 Å². The summed E-state index contributed by atoms with van der Waals surface area (Å²) in [5.74, 6) is 1.35. The summed E-state index contributed by atoms with van der Waals surface area (Å²) in [6.07, 6.45) is 0. The second-order valence-corrected chi connectivity index (χ2v) is 8.85. The molecule has 2 aromatic carbocycles. The van der Waals surface area contributed by atoms with Gasteiger partial charge in [-0.15, -0.1) is 11.3 Å². The number of rotatable bonds is 7. The average molecular weight is 410 g/mol. The first kappa shape index (κ1) is 20.9. The Morgan fingerprint density at radius 3 is 2.17 bits per heavy atom. The van der Waals surface area contributed by atoms with Crippen LogP contribution in [0, 0.1) is 0 Å². The third-order valence-electron chi connectivity index (χ3n) is 4.66. The lowest BCUT2D eigenvalue weighted by Crippen LogP contribution is -2.34. The minimum atomic E-state index is -0.0940. The molecule has 0 saturated carbocycles. The monoisotopic (exact) mass is 409 g/mol. The normalized spacial score (nSPS) is 11.2. The number of amides is 1. The zero-order valence-electron chi connectivity index (χ0n) is 17.3. The fraction of sp³-hybridized carbons (Fsp3) is 0.292. The van der Waals surface area contributed by atoms with Gasteiger partial charge >= 0.3 is 0 Å². The Morgan fingerprint density at radius 1 is 0.966 bits per heavy atom. The minimum Gasteiger partial charge on any atom is -0.497 e. The van der Waals surface area contributed by atoms with Crippen LogP contribution in [0.5, 0.6) is 11.5 Å². The molecule has 0 N–H and O–H groups in total. The summed E-state index contributed by atoms with van der Waals surface area (Å²) in [5, 5.41) is 2.01. The van der Waals surface area contributed by atoms with Crippen molar-refractivity contribution in [1.82, 2.24) is 0 Å². The number of ether oxygens (including phenoxy) is 2. The molecule has 0 aliphatic carbocycles. The molecule has 29 heavy (non-hydrogen) atoms. The van der Waals surface area contributed by atoms with E-state index in [1.54, 1.807) is 23.3 Å². The fourth-order valence-corrected chi connectivity index (χ4v) is 3.61. The zero-order valence-corrected chi connectivity index (χ0v) is 18.2. The predicted octanol–water partition coefficient (Wildman–Crippen LogP) is 5.67. The molecular weight excluding hydrogens is 382 g/mol. The Morgan fingerprint density at radius 2 is 1.62 bits per heavy atom. The van der Waals surface area contributed by atoms with Crippen molar-refractivity contribution in [1.29, 1.82) is 0 Å². The van der Waals surface area contributed by atoms with E-state index in [0.29, 0.717) is 12.3 Å². The van der Waals surface area contributed by atoms with E-state index < -0.39 is 0 Å². The summed E-state index contributed by atoms with van der Waals surface area (Å²) < 4.78 is 11.0. The van der Waals surface area contributed by atoms with Gasteiger partial charge in [-0.1, -0.05) is 39.0 Å². The summed E-state index contributed by atoms with van der Waals surface area (Å²) in [6, 6.07) is 19.5. The SMILES string of the molecule is COc1ccc(N(Cc2cccs2)C(=O)COc2ccc(C(C)(C)C)cc2)cc1. The number of hydrogen-bond acceptors (Lipinski definition) is 4. The lowest BCUT2D eigenvalue weighted by Gasteiger charge is -2.23. The number of methoxy groups -OCH3 is 1. The van der Waals surface area contributed by atoms with E-state index in [1.807, 2.05) is 66.0 Å². The first-order valence-corrected chi connectivity index (χ1v) is 10.4. The molecule has 0 aliphatic heterocycles. The fourth-order valence-electron chi connectivity index (χ4n) is 2.92. The Kier molecular flexibility index (Phi) is 6.60. The third kappa shape index (κ3) is 5.61. The van der Waals surface area contributed by atoms with E-state index >= 15 is 0 Å². The van der Waals surface area contributed by atoms with Gasteiger partial charge in [0, 0.05) is 10.6 Å². The van der Waals surface area contributed by atoms with Gasteiger partial charge in [0.1, 0.15) is 11.5 Å². The maximum absolute atomic E-state index is 13.0. The second-order valence-electron chi connectivity index (χ2n) is 7.82. The molecule has 3 rings (SSSR count). The van der Waals surface area contributed by atoms with E-state index in [-0.39, 0.29) is 17.9 Å². The van der Waals surface area contributed by atoms with Gasteiger partial charge in [-0.25, -0.2) is 0 Å². The number of thiophene rings is 1. The first-order chi connectivity index (χ1) is 13.9. The molecule has 0 radical (unpaired) electrons. The Bertz CT molecular complexity index is 910. The summed E-state index contributed by atoms with van der Waals surface area (Å²) in [7, 11) is 1.63. The number of benzene rings is 2. The van der Waals surface area contributed by atoms with Crippen LogP contribution in [0.4, 0.5) is 5.69 Å². The quantitative estimate of drug-likeness (QED) is 0.505. The van der Waals surface area contributed by atoms with E-state index in [2.05, 4.69) is 20.8 Å². The van der Waals surface area contributed by atoms with Crippen LogP contribution in [-0.4, -0.2) is 19.6 Å². The summed E-state index contributed by atoms with van der Waals surface area (Å²) in [6.45, 7) is 7.00. The number of hydrogen-bond donors (Lipinski definition) is 0. The van der Waals surface area contributed by atoms with Gasteiger partial charge in [0.25, 0.3) is 5.91 Å². The molecule has 4 nitrogen and oxygen atoms in total. The maximum atomic E-state index is 13.0. The molecule has 0 unspecified atom stereocenters. The lowest BCUT2D eigenvalue weighted by molar-refractivity contribution is -0.120. The van der Waals surface area contributed by atoms with Crippen LogP contribution in [0.2, 0.25) is 0 Å². The van der Waals surface area contributed by atoms with Crippen molar-refractivity contribution in [3.8, 4) is 11.5 Å². The van der Waals surface area contributed by atoms with Crippen molar-refractivity contribution in [3.05, 3.63) is 76.5 Å². The molecule has 0 fully saturated rings. The summed E-state index contributed by atoms with van der Waals surface area (Å²) in [5.41, 5.74) is 2.13. The van der Waals surface area contributed by atoms with Gasteiger partial charge in [0.15, 0.2) is 6.61 Å². The molecule has 0 aliphatic rings. The smallest absolute Gasteiger partial charge is 0.265 e. The summed E-state index contributed by atoms with van der Waals surface area (Å²) >= 11 is 1.63. The molecule has 5 heteroatoms. The Hall–Kier alpha value is -2.79. The molecule has 3 aromatic rings. The van der Waals surface area contributed by atoms with Crippen molar-refractivity contribution in [2.24, 2.45) is 0 Å². The van der Waals surface area contributed by atoms with Crippen LogP contribution in [0.1, 0.15) is 31.2 Å². The van der Waals surface area contributed by atoms with Crippen LogP contribution in [0.15, 0.2) is 66.0 Å². The standard InChI is InChI=1S/C24H27NO3S/c1-24(2,3)18-7-11-21(12-8-18)28-17-23(26)25(16-22-6-5-15-29-22)19-9-13-20(27-4)14-10-19/h5-15H,16-17H2,1-4H3. The first-order valence-electron chi connectivity index (χ1n) is 9.57. The van der Waals surface area contributed by atoms with Gasteiger partial charge in [0.05, 0.1) is 13.7 Å². The molecule has 1 heterocycles. The van der Waals surface area contributed by atoms with Gasteiger partial charge in [-0.3, -0.25) is 4.79 Å². The molecule has 1 aromatic heterocycles. The highest BCUT2D eigenvalue weighted by Crippen LogP contribution is 2.25. The average Bonchev–Trinajstić information content (AvgIpc) is 3.23. The van der Waals surface area contributed by atoms with Crippen LogP contribution < -0.4 is 14.4 Å². The highest BCUT2D eigenvalue weighted by atomic mass is 32.1. The largest absolute Gasteiger partial charge is 0.497 e. The van der Waals surface area contributed by atoms with Gasteiger partial charge < -0.3 is 14.4 Å². The van der Waals surface area contributed by atoms with Crippen molar-refractivity contribution in [2.75, 3.05) is 18.6 Å². The van der Waals surface area contributed by atoms with Crippen LogP contribution in [0.3, 0.4) is 0 Å². The highest BCUT2D eigenvalue weighted by Gasteiger charge is 2.18. The van der Waals surface area contributed by atoms with Crippen molar-refractivity contribution >= 4 is 22.9 Å². The van der Waals surface area contributed by atoms with Crippen molar-refractivity contribution in [2.45, 2.75) is 32.7 Å². The minimum absolute atomic E-state index is 0.0216. The number of carbonyl (C=O) groups excluding carboxylic acids is 1. The molecular formula is C24H27NO3S. The van der Waals surface area contributed by atoms with Gasteiger partial charge in [-0.2, -0.15) is 0 Å². The Labute approximate surface area is 176 Å². The van der Waals surface area contributed by atoms with Crippen LogP contribution >= 0.6 is 11.3 Å². The van der Waals surface area contributed by atoms with E-state index in [0.717, 1.165) is 16.3 Å². The van der Waals surface area contributed by atoms with Crippen molar-refractivity contribution < 1.29 is 14.3 Å². The van der Waals surface area contributed by atoms with E-state index in [1.165, 1.54) is 5.56 Å². The van der Waals surface area contributed by atoms with Gasteiger partial charge in [-0.05, 0) is 58.8 Å². The van der Waals surface area contributed by atoms with Crippen LogP contribution in [0.25, 0.3) is 0 Å². The number of carbonyl (C=O) groups is 1. The van der Waals surface area contributed by atoms with E-state index in [9.17, 15) is 4.79 Å². The van der Waals surface area contributed by atoms with Crippen LogP contribution in [-0.2, 0) is 16.8 Å². The molecule has 0 spiro atoms. The Balaban J connectivity index is 1.72.